The van der Waals surface area contributed by atoms with E-state index in [1.165, 1.54) is 6.92 Å². The molecule has 0 aliphatic carbocycles. The van der Waals surface area contributed by atoms with Crippen molar-refractivity contribution in [2.45, 2.75) is 39.2 Å². The monoisotopic (exact) mass is 320 g/mol. The molecule has 1 rings (SSSR count). The predicted octanol–water partition coefficient (Wildman–Crippen LogP) is 2.01. The lowest BCUT2D eigenvalue weighted by molar-refractivity contribution is -0.154. The maximum atomic E-state index is 12.4. The molecule has 0 aliphatic rings. The van der Waals surface area contributed by atoms with Gasteiger partial charge in [-0.25, -0.2) is 4.79 Å². The molecule has 2 atom stereocenters. The average molecular weight is 320 g/mol. The summed E-state index contributed by atoms with van der Waals surface area (Å²) >= 11 is 0. The van der Waals surface area contributed by atoms with Crippen molar-refractivity contribution < 1.29 is 19.4 Å². The van der Waals surface area contributed by atoms with Crippen molar-refractivity contribution in [1.29, 1.82) is 5.41 Å². The Labute approximate surface area is 136 Å². The maximum absolute atomic E-state index is 12.4. The van der Waals surface area contributed by atoms with Gasteiger partial charge in [-0.2, -0.15) is 0 Å². The number of aryl methyl sites for hydroxylation is 1. The molecule has 0 fully saturated rings. The van der Waals surface area contributed by atoms with Gasteiger partial charge in [-0.3, -0.25) is 10.2 Å². The van der Waals surface area contributed by atoms with Crippen LogP contribution in [0, 0.1) is 10.8 Å². The standard InChI is InChI=1S/C17H24N2O4/c1-3-17(12(2)18,14(19)15(20)21)16(22)23-11-7-10-13-8-5-4-6-9-13/h4-6,8-9,12,19H,3,7,10-11,18H2,1-2H3,(H,20,21). The minimum atomic E-state index is -1.61. The minimum absolute atomic E-state index is 0.104. The van der Waals surface area contributed by atoms with Crippen LogP contribution in [-0.4, -0.2) is 35.4 Å². The van der Waals surface area contributed by atoms with E-state index in [2.05, 4.69) is 0 Å². The molecule has 0 bridgehead atoms. The molecule has 2 unspecified atom stereocenters. The molecule has 0 saturated heterocycles. The molecular weight excluding hydrogens is 296 g/mol. The van der Waals surface area contributed by atoms with E-state index in [4.69, 9.17) is 21.0 Å². The van der Waals surface area contributed by atoms with Gasteiger partial charge in [0.2, 0.25) is 0 Å². The summed E-state index contributed by atoms with van der Waals surface area (Å²) in [6.07, 6.45) is 1.48. The summed E-state index contributed by atoms with van der Waals surface area (Å²) in [6, 6.07) is 8.96. The van der Waals surface area contributed by atoms with Crippen molar-refractivity contribution in [1.82, 2.24) is 0 Å². The van der Waals surface area contributed by atoms with E-state index in [1.807, 2.05) is 30.3 Å². The number of aliphatic carboxylic acids is 1. The van der Waals surface area contributed by atoms with Gasteiger partial charge in [-0.05, 0) is 31.7 Å². The molecule has 6 nitrogen and oxygen atoms in total. The van der Waals surface area contributed by atoms with Crippen LogP contribution in [0.1, 0.15) is 32.3 Å². The molecule has 0 aliphatic heterocycles. The molecule has 0 aromatic heterocycles. The summed E-state index contributed by atoms with van der Waals surface area (Å²) < 4.78 is 5.23. The van der Waals surface area contributed by atoms with Gasteiger partial charge in [-0.15, -0.1) is 0 Å². The fraction of sp³-hybridized carbons (Fsp3) is 0.471. The molecule has 1 aromatic rings. The Morgan fingerprint density at radius 3 is 2.43 bits per heavy atom. The molecule has 0 heterocycles. The van der Waals surface area contributed by atoms with Gasteiger partial charge in [0.1, 0.15) is 11.1 Å². The Bertz CT molecular complexity index is 557. The summed E-state index contributed by atoms with van der Waals surface area (Å²) in [7, 11) is 0. The van der Waals surface area contributed by atoms with Crippen molar-refractivity contribution in [2.75, 3.05) is 6.61 Å². The van der Waals surface area contributed by atoms with Gasteiger partial charge in [0, 0.05) is 6.04 Å². The second kappa shape index (κ2) is 8.43. The van der Waals surface area contributed by atoms with Gasteiger partial charge in [0.15, 0.2) is 0 Å². The van der Waals surface area contributed by atoms with Gasteiger partial charge >= 0.3 is 11.9 Å². The number of nitrogens with one attached hydrogen (secondary N) is 1. The number of carboxylic acids is 1. The summed E-state index contributed by atoms with van der Waals surface area (Å²) in [5, 5.41) is 16.8. The van der Waals surface area contributed by atoms with Crippen LogP contribution in [0.15, 0.2) is 30.3 Å². The van der Waals surface area contributed by atoms with Crippen LogP contribution in [0.25, 0.3) is 0 Å². The SMILES string of the molecule is CCC(C(=N)C(=O)O)(C(=O)OCCCc1ccccc1)C(C)N. The van der Waals surface area contributed by atoms with Crippen LogP contribution in [0.4, 0.5) is 0 Å². The number of nitrogens with two attached hydrogens (primary N) is 1. The van der Waals surface area contributed by atoms with E-state index >= 15 is 0 Å². The lowest BCUT2D eigenvalue weighted by Gasteiger charge is -2.32. The summed E-state index contributed by atoms with van der Waals surface area (Å²) in [4.78, 5) is 23.5. The highest BCUT2D eigenvalue weighted by Crippen LogP contribution is 2.29. The second-order valence-electron chi connectivity index (χ2n) is 5.52. The minimum Gasteiger partial charge on any atom is -0.477 e. The quantitative estimate of drug-likeness (QED) is 0.366. The lowest BCUT2D eigenvalue weighted by Crippen LogP contribution is -2.54. The third-order valence-electron chi connectivity index (χ3n) is 4.04. The van der Waals surface area contributed by atoms with Gasteiger partial charge < -0.3 is 15.6 Å². The maximum Gasteiger partial charge on any atom is 0.350 e. The summed E-state index contributed by atoms with van der Waals surface area (Å²) in [5.41, 5.74) is 4.62. The second-order valence-corrected chi connectivity index (χ2v) is 5.52. The van der Waals surface area contributed by atoms with Crippen LogP contribution in [-0.2, 0) is 20.7 Å². The lowest BCUT2D eigenvalue weighted by atomic mass is 9.74. The molecule has 23 heavy (non-hydrogen) atoms. The number of hydrogen-bond acceptors (Lipinski definition) is 5. The van der Waals surface area contributed by atoms with Crippen molar-refractivity contribution in [3.8, 4) is 0 Å². The Kier molecular flexibility index (Phi) is 6.90. The van der Waals surface area contributed by atoms with Crippen molar-refractivity contribution in [2.24, 2.45) is 11.1 Å². The largest absolute Gasteiger partial charge is 0.477 e. The third-order valence-corrected chi connectivity index (χ3v) is 4.04. The van der Waals surface area contributed by atoms with Crippen LogP contribution in [0.5, 0.6) is 0 Å². The number of benzene rings is 1. The molecule has 126 valence electrons. The van der Waals surface area contributed by atoms with E-state index in [0.717, 1.165) is 12.0 Å². The predicted molar refractivity (Wildman–Crippen MR) is 87.5 cm³/mol. The van der Waals surface area contributed by atoms with Gasteiger partial charge in [0.05, 0.1) is 6.61 Å². The summed E-state index contributed by atoms with van der Waals surface area (Å²) in [6.45, 7) is 3.31. The third kappa shape index (κ3) is 4.39. The van der Waals surface area contributed by atoms with Crippen molar-refractivity contribution in [3.63, 3.8) is 0 Å². The highest BCUT2D eigenvalue weighted by molar-refractivity contribution is 6.40. The number of ether oxygens (including phenoxy) is 1. The zero-order valence-corrected chi connectivity index (χ0v) is 13.5. The number of hydrogen-bond donors (Lipinski definition) is 3. The van der Waals surface area contributed by atoms with Crippen LogP contribution in [0.2, 0.25) is 0 Å². The molecule has 0 saturated carbocycles. The first-order valence-corrected chi connectivity index (χ1v) is 7.65. The highest BCUT2D eigenvalue weighted by atomic mass is 16.5. The molecule has 0 radical (unpaired) electrons. The van der Waals surface area contributed by atoms with Gasteiger partial charge in [0.25, 0.3) is 0 Å². The van der Waals surface area contributed by atoms with E-state index in [0.29, 0.717) is 6.42 Å². The molecule has 0 spiro atoms. The smallest absolute Gasteiger partial charge is 0.350 e. The van der Waals surface area contributed by atoms with E-state index in [1.54, 1.807) is 6.92 Å². The van der Waals surface area contributed by atoms with Crippen molar-refractivity contribution in [3.05, 3.63) is 35.9 Å². The first-order valence-electron chi connectivity index (χ1n) is 7.65. The van der Waals surface area contributed by atoms with Gasteiger partial charge in [-0.1, -0.05) is 37.3 Å². The van der Waals surface area contributed by atoms with Crippen LogP contribution >= 0.6 is 0 Å². The zero-order valence-electron chi connectivity index (χ0n) is 13.5. The number of rotatable bonds is 9. The van der Waals surface area contributed by atoms with E-state index in [-0.39, 0.29) is 13.0 Å². The zero-order chi connectivity index (χ0) is 17.5. The molecular formula is C17H24N2O4. The first kappa shape index (κ1) is 18.8. The normalized spacial score (nSPS) is 14.6. The Morgan fingerprint density at radius 2 is 1.96 bits per heavy atom. The number of carbonyl (C=O) groups excluding carboxylic acids is 1. The van der Waals surface area contributed by atoms with E-state index in [9.17, 15) is 9.59 Å². The van der Waals surface area contributed by atoms with E-state index < -0.39 is 29.1 Å². The summed E-state index contributed by atoms with van der Waals surface area (Å²) in [5.74, 6) is -2.19. The average Bonchev–Trinajstić information content (AvgIpc) is 2.53. The Balaban J connectivity index is 2.68. The van der Waals surface area contributed by atoms with Crippen LogP contribution in [0.3, 0.4) is 0 Å². The Morgan fingerprint density at radius 1 is 1.35 bits per heavy atom. The first-order chi connectivity index (χ1) is 10.9. The number of carbonyl (C=O) groups is 2. The number of esters is 1. The van der Waals surface area contributed by atoms with Crippen LogP contribution < -0.4 is 5.73 Å². The van der Waals surface area contributed by atoms with Crippen molar-refractivity contribution >= 4 is 17.7 Å². The fourth-order valence-electron chi connectivity index (χ4n) is 2.56. The topological polar surface area (TPSA) is 113 Å². The molecule has 0 amide bonds. The fourth-order valence-corrected chi connectivity index (χ4v) is 2.56. The Hall–Kier alpha value is -2.21. The molecule has 4 N–H and O–H groups in total. The number of carboxylic acid groups (broad SMARTS) is 1. The highest BCUT2D eigenvalue weighted by Gasteiger charge is 2.49. The molecule has 6 heteroatoms. The molecule has 1 aromatic carbocycles.